The molecule has 0 bridgehead atoms. The van der Waals surface area contributed by atoms with Gasteiger partial charge in [0.1, 0.15) is 5.75 Å². The van der Waals surface area contributed by atoms with Gasteiger partial charge in [0.15, 0.2) is 0 Å². The Balaban J connectivity index is 2.04. The number of carbonyl (C=O) groups excluding carboxylic acids is 1. The van der Waals surface area contributed by atoms with Crippen molar-refractivity contribution in [3.05, 3.63) is 65.7 Å². The van der Waals surface area contributed by atoms with Gasteiger partial charge in [0.05, 0.1) is 12.7 Å². The minimum absolute atomic E-state index is 0.0884. The first-order valence-electron chi connectivity index (χ1n) is 7.72. The second-order valence-electron chi connectivity index (χ2n) is 5.31. The molecule has 2 aromatic rings. The van der Waals surface area contributed by atoms with E-state index >= 15 is 0 Å². The molecule has 2 aromatic carbocycles. The van der Waals surface area contributed by atoms with Crippen LogP contribution in [0.1, 0.15) is 41.6 Å². The lowest BCUT2D eigenvalue weighted by Gasteiger charge is -2.18. The molecule has 0 radical (unpaired) electrons. The molecule has 1 atom stereocenters. The fraction of sp³-hybridized carbons (Fsp3) is 0.316. The van der Waals surface area contributed by atoms with Gasteiger partial charge in [-0.3, -0.25) is 4.79 Å². The van der Waals surface area contributed by atoms with Crippen molar-refractivity contribution in [1.29, 1.82) is 0 Å². The third-order valence-corrected chi connectivity index (χ3v) is 3.77. The van der Waals surface area contributed by atoms with Gasteiger partial charge >= 0.3 is 0 Å². The number of para-hydroxylation sites is 1. The molecule has 0 saturated carbocycles. The molecule has 0 aliphatic heterocycles. The first kappa shape index (κ1) is 16.1. The largest absolute Gasteiger partial charge is 0.496 e. The molecule has 0 aromatic heterocycles. The molecular weight excluding hydrogens is 274 g/mol. The SMILES string of the molecule is CCC[C@@H](CNC(=O)c1ccccc1OC)c1ccccc1. The highest BCUT2D eigenvalue weighted by Gasteiger charge is 2.15. The van der Waals surface area contributed by atoms with Crippen LogP contribution in [0.15, 0.2) is 54.6 Å². The van der Waals surface area contributed by atoms with E-state index in [1.165, 1.54) is 5.56 Å². The van der Waals surface area contributed by atoms with Crippen molar-refractivity contribution < 1.29 is 9.53 Å². The number of methoxy groups -OCH3 is 1. The average Bonchev–Trinajstić information content (AvgIpc) is 2.59. The summed E-state index contributed by atoms with van der Waals surface area (Å²) in [6.45, 7) is 2.80. The summed E-state index contributed by atoms with van der Waals surface area (Å²) in [5.74, 6) is 0.853. The van der Waals surface area contributed by atoms with Crippen LogP contribution in [0.25, 0.3) is 0 Å². The summed E-state index contributed by atoms with van der Waals surface area (Å²) < 4.78 is 5.24. The molecule has 0 fully saturated rings. The topological polar surface area (TPSA) is 38.3 Å². The minimum atomic E-state index is -0.0884. The number of benzene rings is 2. The monoisotopic (exact) mass is 297 g/mol. The molecule has 1 N–H and O–H groups in total. The van der Waals surface area contributed by atoms with Crippen LogP contribution in [-0.4, -0.2) is 19.6 Å². The maximum atomic E-state index is 12.4. The highest BCUT2D eigenvalue weighted by Crippen LogP contribution is 2.21. The van der Waals surface area contributed by atoms with Gasteiger partial charge in [-0.1, -0.05) is 55.8 Å². The fourth-order valence-corrected chi connectivity index (χ4v) is 2.60. The number of nitrogens with one attached hydrogen (secondary N) is 1. The predicted molar refractivity (Wildman–Crippen MR) is 89.4 cm³/mol. The summed E-state index contributed by atoms with van der Waals surface area (Å²) in [4.78, 5) is 12.4. The van der Waals surface area contributed by atoms with E-state index in [4.69, 9.17) is 4.74 Å². The minimum Gasteiger partial charge on any atom is -0.496 e. The Kier molecular flexibility index (Phi) is 6.01. The van der Waals surface area contributed by atoms with Crippen LogP contribution in [0.4, 0.5) is 0 Å². The van der Waals surface area contributed by atoms with Gasteiger partial charge in [-0.15, -0.1) is 0 Å². The molecule has 3 nitrogen and oxygen atoms in total. The highest BCUT2D eigenvalue weighted by molar-refractivity contribution is 5.96. The molecule has 0 unspecified atom stereocenters. The van der Waals surface area contributed by atoms with Gasteiger partial charge in [-0.2, -0.15) is 0 Å². The molecule has 1 amide bonds. The maximum Gasteiger partial charge on any atom is 0.255 e. The number of amides is 1. The lowest BCUT2D eigenvalue weighted by molar-refractivity contribution is 0.0947. The van der Waals surface area contributed by atoms with Gasteiger partial charge in [0, 0.05) is 12.5 Å². The van der Waals surface area contributed by atoms with E-state index in [2.05, 4.69) is 24.4 Å². The zero-order valence-electron chi connectivity index (χ0n) is 13.2. The molecular formula is C19H23NO2. The van der Waals surface area contributed by atoms with Gasteiger partial charge in [0.2, 0.25) is 0 Å². The summed E-state index contributed by atoms with van der Waals surface area (Å²) in [7, 11) is 1.58. The summed E-state index contributed by atoms with van der Waals surface area (Å²) >= 11 is 0. The van der Waals surface area contributed by atoms with Crippen molar-refractivity contribution in [2.45, 2.75) is 25.7 Å². The van der Waals surface area contributed by atoms with Crippen LogP contribution < -0.4 is 10.1 Å². The van der Waals surface area contributed by atoms with E-state index in [1.807, 2.05) is 30.3 Å². The lowest BCUT2D eigenvalue weighted by atomic mass is 9.94. The Labute approximate surface area is 132 Å². The van der Waals surface area contributed by atoms with Crippen LogP contribution in [0.3, 0.4) is 0 Å². The molecule has 3 heteroatoms. The number of hydrogen-bond donors (Lipinski definition) is 1. The number of carbonyl (C=O) groups is 1. The predicted octanol–water partition coefficient (Wildman–Crippen LogP) is 4.01. The van der Waals surface area contributed by atoms with Crippen molar-refractivity contribution in [3.8, 4) is 5.75 Å². The maximum absolute atomic E-state index is 12.4. The van der Waals surface area contributed by atoms with Crippen molar-refractivity contribution in [1.82, 2.24) is 5.32 Å². The van der Waals surface area contributed by atoms with Crippen molar-refractivity contribution >= 4 is 5.91 Å². The third kappa shape index (κ3) is 4.10. The zero-order chi connectivity index (χ0) is 15.8. The van der Waals surface area contributed by atoms with Gasteiger partial charge in [-0.05, 0) is 24.1 Å². The summed E-state index contributed by atoms with van der Waals surface area (Å²) in [5.41, 5.74) is 1.85. The quantitative estimate of drug-likeness (QED) is 0.838. The molecule has 116 valence electrons. The van der Waals surface area contributed by atoms with E-state index in [1.54, 1.807) is 19.2 Å². The summed E-state index contributed by atoms with van der Waals surface area (Å²) in [5, 5.41) is 3.04. The fourth-order valence-electron chi connectivity index (χ4n) is 2.60. The molecule has 0 aliphatic carbocycles. The molecule has 0 heterocycles. The van der Waals surface area contributed by atoms with Crippen LogP contribution in [0.5, 0.6) is 5.75 Å². The van der Waals surface area contributed by atoms with Crippen molar-refractivity contribution in [2.75, 3.05) is 13.7 Å². The second kappa shape index (κ2) is 8.23. The van der Waals surface area contributed by atoms with Crippen LogP contribution >= 0.6 is 0 Å². The molecule has 0 spiro atoms. The van der Waals surface area contributed by atoms with Crippen LogP contribution in [-0.2, 0) is 0 Å². The van der Waals surface area contributed by atoms with Crippen molar-refractivity contribution in [3.63, 3.8) is 0 Å². The van der Waals surface area contributed by atoms with Gasteiger partial charge in [-0.25, -0.2) is 0 Å². The lowest BCUT2D eigenvalue weighted by Crippen LogP contribution is -2.28. The van der Waals surface area contributed by atoms with E-state index in [0.717, 1.165) is 12.8 Å². The smallest absolute Gasteiger partial charge is 0.255 e. The molecule has 22 heavy (non-hydrogen) atoms. The number of hydrogen-bond acceptors (Lipinski definition) is 2. The van der Waals surface area contributed by atoms with E-state index < -0.39 is 0 Å². The van der Waals surface area contributed by atoms with Gasteiger partial charge < -0.3 is 10.1 Å². The zero-order valence-corrected chi connectivity index (χ0v) is 13.2. The molecule has 2 rings (SSSR count). The Morgan fingerprint density at radius 2 is 1.77 bits per heavy atom. The standard InChI is InChI=1S/C19H23NO2/c1-3-9-16(15-10-5-4-6-11-15)14-20-19(21)17-12-7-8-13-18(17)22-2/h4-8,10-13,16H,3,9,14H2,1-2H3,(H,20,21)/t16-/m0/s1. The second-order valence-corrected chi connectivity index (χ2v) is 5.31. The van der Waals surface area contributed by atoms with Crippen LogP contribution in [0, 0.1) is 0 Å². The molecule has 0 saturated heterocycles. The third-order valence-electron chi connectivity index (χ3n) is 3.77. The highest BCUT2D eigenvalue weighted by atomic mass is 16.5. The Hall–Kier alpha value is -2.29. The first-order chi connectivity index (χ1) is 10.8. The summed E-state index contributed by atoms with van der Waals surface area (Å²) in [6.07, 6.45) is 2.14. The Bertz CT molecular complexity index is 595. The van der Waals surface area contributed by atoms with E-state index in [0.29, 0.717) is 23.8 Å². The van der Waals surface area contributed by atoms with E-state index in [-0.39, 0.29) is 5.91 Å². The first-order valence-corrected chi connectivity index (χ1v) is 7.72. The normalized spacial score (nSPS) is 11.7. The number of ether oxygens (including phenoxy) is 1. The van der Waals surface area contributed by atoms with Crippen molar-refractivity contribution in [2.24, 2.45) is 0 Å². The number of rotatable bonds is 7. The molecule has 0 aliphatic rings. The Morgan fingerprint density at radius 1 is 1.09 bits per heavy atom. The van der Waals surface area contributed by atoms with Crippen LogP contribution in [0.2, 0.25) is 0 Å². The summed E-state index contributed by atoms with van der Waals surface area (Å²) in [6, 6.07) is 17.6. The Morgan fingerprint density at radius 3 is 2.45 bits per heavy atom. The van der Waals surface area contributed by atoms with Gasteiger partial charge in [0.25, 0.3) is 5.91 Å². The van der Waals surface area contributed by atoms with E-state index in [9.17, 15) is 4.79 Å². The average molecular weight is 297 g/mol.